The summed E-state index contributed by atoms with van der Waals surface area (Å²) in [5.74, 6) is 0.836. The van der Waals surface area contributed by atoms with Crippen LogP contribution < -0.4 is 0 Å². The Morgan fingerprint density at radius 1 is 1.44 bits per heavy atom. The molecule has 2 rings (SSSR count). The van der Waals surface area contributed by atoms with Crippen LogP contribution in [0.5, 0.6) is 5.75 Å². The molecule has 1 aromatic carbocycles. The van der Waals surface area contributed by atoms with Gasteiger partial charge in [-0.3, -0.25) is 0 Å². The lowest BCUT2D eigenvalue weighted by Gasteiger charge is -2.05. The number of hydrogen-bond donors (Lipinski definition) is 1. The Labute approximate surface area is 102 Å². The summed E-state index contributed by atoms with van der Waals surface area (Å²) >= 11 is 3.31. The van der Waals surface area contributed by atoms with E-state index in [1.54, 1.807) is 6.07 Å². The fraction of sp³-hybridized carbons (Fsp3) is 0.455. The molecule has 0 aliphatic rings. The molecule has 0 unspecified atom stereocenters. The third-order valence-corrected chi connectivity index (χ3v) is 3.31. The van der Waals surface area contributed by atoms with Crippen molar-refractivity contribution in [3.05, 3.63) is 16.6 Å². The molecule has 1 N–H and O–H groups in total. The second-order valence-electron chi connectivity index (χ2n) is 4.26. The highest BCUT2D eigenvalue weighted by molar-refractivity contribution is 9.10. The fourth-order valence-electron chi connectivity index (χ4n) is 1.54. The summed E-state index contributed by atoms with van der Waals surface area (Å²) < 4.78 is 2.49. The molecule has 0 bridgehead atoms. The molecule has 0 aliphatic heterocycles. The van der Waals surface area contributed by atoms with Crippen molar-refractivity contribution in [1.82, 2.24) is 15.0 Å². The van der Waals surface area contributed by atoms with E-state index in [1.807, 2.05) is 10.7 Å². The average molecular weight is 284 g/mol. The van der Waals surface area contributed by atoms with Crippen molar-refractivity contribution in [2.45, 2.75) is 26.8 Å². The number of aromatic hydroxyl groups is 1. The van der Waals surface area contributed by atoms with Gasteiger partial charge in [-0.1, -0.05) is 19.1 Å². The molecule has 4 nitrogen and oxygen atoms in total. The van der Waals surface area contributed by atoms with Gasteiger partial charge in [-0.05, 0) is 40.4 Å². The first kappa shape index (κ1) is 11.4. The maximum Gasteiger partial charge on any atom is 0.132 e. The highest BCUT2D eigenvalue weighted by Crippen LogP contribution is 2.30. The summed E-state index contributed by atoms with van der Waals surface area (Å²) in [6.07, 6.45) is 1.07. The Hall–Kier alpha value is -1.10. The third-order valence-electron chi connectivity index (χ3n) is 2.52. The first-order chi connectivity index (χ1) is 7.59. The smallest absolute Gasteiger partial charge is 0.132 e. The zero-order valence-corrected chi connectivity index (χ0v) is 10.9. The van der Waals surface area contributed by atoms with Crippen LogP contribution in [0, 0.1) is 5.92 Å². The number of halogens is 1. The minimum atomic E-state index is 0.198. The Morgan fingerprint density at radius 2 is 2.19 bits per heavy atom. The van der Waals surface area contributed by atoms with Crippen molar-refractivity contribution in [2.24, 2.45) is 5.92 Å². The van der Waals surface area contributed by atoms with Crippen LogP contribution >= 0.6 is 15.9 Å². The molecule has 2 aromatic rings. The molecule has 86 valence electrons. The van der Waals surface area contributed by atoms with Gasteiger partial charge in [0.25, 0.3) is 0 Å². The molecule has 0 fully saturated rings. The molecule has 0 saturated heterocycles. The van der Waals surface area contributed by atoms with E-state index < -0.39 is 0 Å². The maximum atomic E-state index is 9.52. The Kier molecular flexibility index (Phi) is 3.14. The molecule has 0 saturated carbocycles. The van der Waals surface area contributed by atoms with Gasteiger partial charge in [-0.15, -0.1) is 5.10 Å². The lowest BCUT2D eigenvalue weighted by molar-refractivity contribution is 0.472. The van der Waals surface area contributed by atoms with Gasteiger partial charge in [-0.25, -0.2) is 4.68 Å². The second kappa shape index (κ2) is 4.41. The second-order valence-corrected chi connectivity index (χ2v) is 5.05. The first-order valence-electron chi connectivity index (χ1n) is 5.30. The topological polar surface area (TPSA) is 50.9 Å². The standard InChI is InChI=1S/C11H14BrN3O/c1-7(2)5-6-15-8-3-4-9(16)10(12)11(8)13-14-15/h3-4,7,16H,5-6H2,1-2H3. The summed E-state index contributed by atoms with van der Waals surface area (Å²) in [7, 11) is 0. The molecule has 1 aromatic heterocycles. The molecular weight excluding hydrogens is 270 g/mol. The van der Waals surface area contributed by atoms with Gasteiger partial charge in [-0.2, -0.15) is 0 Å². The largest absolute Gasteiger partial charge is 0.507 e. The molecule has 0 aliphatic carbocycles. The number of aryl methyl sites for hydroxylation is 1. The summed E-state index contributed by atoms with van der Waals surface area (Å²) in [5.41, 5.74) is 1.66. The number of phenolic OH excluding ortho intramolecular Hbond substituents is 1. The van der Waals surface area contributed by atoms with E-state index >= 15 is 0 Å². The van der Waals surface area contributed by atoms with Gasteiger partial charge in [0.2, 0.25) is 0 Å². The van der Waals surface area contributed by atoms with Crippen molar-refractivity contribution in [3.63, 3.8) is 0 Å². The maximum absolute atomic E-state index is 9.52. The number of benzene rings is 1. The van der Waals surface area contributed by atoms with Crippen molar-refractivity contribution in [2.75, 3.05) is 0 Å². The summed E-state index contributed by atoms with van der Waals surface area (Å²) in [5, 5.41) is 17.7. The van der Waals surface area contributed by atoms with Crippen LogP contribution in [0.2, 0.25) is 0 Å². The van der Waals surface area contributed by atoms with E-state index in [1.165, 1.54) is 0 Å². The van der Waals surface area contributed by atoms with Crippen LogP contribution in [-0.4, -0.2) is 20.1 Å². The number of hydrogen-bond acceptors (Lipinski definition) is 3. The van der Waals surface area contributed by atoms with Gasteiger partial charge in [0, 0.05) is 6.54 Å². The van der Waals surface area contributed by atoms with Gasteiger partial charge < -0.3 is 5.11 Å². The Balaban J connectivity index is 2.38. The van der Waals surface area contributed by atoms with Crippen molar-refractivity contribution >= 4 is 27.0 Å². The number of phenols is 1. The molecule has 0 amide bonds. The van der Waals surface area contributed by atoms with E-state index in [4.69, 9.17) is 0 Å². The molecule has 1 heterocycles. The highest BCUT2D eigenvalue weighted by atomic mass is 79.9. The molecular formula is C11H14BrN3O. The fourth-order valence-corrected chi connectivity index (χ4v) is 1.95. The van der Waals surface area contributed by atoms with Crippen LogP contribution in [0.4, 0.5) is 0 Å². The monoisotopic (exact) mass is 283 g/mol. The van der Waals surface area contributed by atoms with Crippen LogP contribution in [-0.2, 0) is 6.54 Å². The van der Waals surface area contributed by atoms with Crippen LogP contribution in [0.25, 0.3) is 11.0 Å². The quantitative estimate of drug-likeness (QED) is 0.942. The van der Waals surface area contributed by atoms with Crippen LogP contribution in [0.3, 0.4) is 0 Å². The summed E-state index contributed by atoms with van der Waals surface area (Å²) in [6.45, 7) is 5.22. The minimum absolute atomic E-state index is 0.198. The van der Waals surface area contributed by atoms with E-state index in [2.05, 4.69) is 40.1 Å². The van der Waals surface area contributed by atoms with Crippen LogP contribution in [0.1, 0.15) is 20.3 Å². The van der Waals surface area contributed by atoms with Crippen molar-refractivity contribution in [3.8, 4) is 5.75 Å². The first-order valence-corrected chi connectivity index (χ1v) is 6.09. The van der Waals surface area contributed by atoms with Gasteiger partial charge >= 0.3 is 0 Å². The van der Waals surface area contributed by atoms with E-state index in [0.717, 1.165) is 18.5 Å². The highest BCUT2D eigenvalue weighted by Gasteiger charge is 2.10. The molecule has 5 heteroatoms. The minimum Gasteiger partial charge on any atom is -0.507 e. The van der Waals surface area contributed by atoms with Gasteiger partial charge in [0.05, 0.1) is 9.99 Å². The zero-order chi connectivity index (χ0) is 11.7. The van der Waals surface area contributed by atoms with Gasteiger partial charge in [0.15, 0.2) is 0 Å². The van der Waals surface area contributed by atoms with E-state index in [0.29, 0.717) is 15.9 Å². The number of fused-ring (bicyclic) bond motifs is 1. The predicted octanol–water partition coefficient (Wildman–Crippen LogP) is 2.95. The summed E-state index contributed by atoms with van der Waals surface area (Å²) in [4.78, 5) is 0. The number of nitrogens with zero attached hydrogens (tertiary/aromatic N) is 3. The Morgan fingerprint density at radius 3 is 2.88 bits per heavy atom. The zero-order valence-electron chi connectivity index (χ0n) is 9.31. The molecule has 0 atom stereocenters. The van der Waals surface area contributed by atoms with Crippen molar-refractivity contribution in [1.29, 1.82) is 0 Å². The number of aromatic nitrogens is 3. The lowest BCUT2D eigenvalue weighted by Crippen LogP contribution is -2.03. The average Bonchev–Trinajstić information content (AvgIpc) is 2.64. The lowest BCUT2D eigenvalue weighted by atomic mass is 10.1. The molecule has 16 heavy (non-hydrogen) atoms. The predicted molar refractivity (Wildman–Crippen MR) is 66.3 cm³/mol. The van der Waals surface area contributed by atoms with Crippen LogP contribution in [0.15, 0.2) is 16.6 Å². The SMILES string of the molecule is CC(C)CCn1nnc2c(Br)c(O)ccc21. The van der Waals surface area contributed by atoms with E-state index in [9.17, 15) is 5.11 Å². The van der Waals surface area contributed by atoms with Gasteiger partial charge in [0.1, 0.15) is 11.3 Å². The summed E-state index contributed by atoms with van der Waals surface area (Å²) in [6, 6.07) is 3.50. The number of rotatable bonds is 3. The van der Waals surface area contributed by atoms with E-state index in [-0.39, 0.29) is 5.75 Å². The molecule has 0 spiro atoms. The molecule has 0 radical (unpaired) electrons. The Bertz CT molecular complexity index is 507. The normalized spacial score (nSPS) is 11.5. The third kappa shape index (κ3) is 2.04. The van der Waals surface area contributed by atoms with Crippen molar-refractivity contribution < 1.29 is 5.11 Å².